The van der Waals surface area contributed by atoms with E-state index in [0.717, 1.165) is 34.0 Å². The van der Waals surface area contributed by atoms with Gasteiger partial charge in [0, 0.05) is 6.04 Å². The second kappa shape index (κ2) is 5.34. The Kier molecular flexibility index (Phi) is 3.54. The van der Waals surface area contributed by atoms with Gasteiger partial charge in [0.25, 0.3) is 0 Å². The lowest BCUT2D eigenvalue weighted by atomic mass is 10.1. The molecule has 0 aliphatic carbocycles. The highest BCUT2D eigenvalue weighted by Crippen LogP contribution is 2.32. The lowest BCUT2D eigenvalue weighted by molar-refractivity contribution is 0.623. The molecule has 1 aromatic heterocycles. The summed E-state index contributed by atoms with van der Waals surface area (Å²) in [5.74, 6) is -0.254. The SMILES string of the molecule is CC(Nc1c(Cl)ccc2nsnc12)c1cccc(F)c1. The van der Waals surface area contributed by atoms with E-state index < -0.39 is 0 Å². The molecule has 6 heteroatoms. The largest absolute Gasteiger partial charge is 0.375 e. The summed E-state index contributed by atoms with van der Waals surface area (Å²) in [6.45, 7) is 1.95. The number of hydrogen-bond acceptors (Lipinski definition) is 4. The fraction of sp³-hybridized carbons (Fsp3) is 0.143. The summed E-state index contributed by atoms with van der Waals surface area (Å²) in [6.07, 6.45) is 0. The number of anilines is 1. The fourth-order valence-corrected chi connectivity index (χ4v) is 2.79. The predicted octanol–water partition coefficient (Wildman–Crippen LogP) is 4.66. The topological polar surface area (TPSA) is 37.8 Å². The van der Waals surface area contributed by atoms with Crippen LogP contribution < -0.4 is 5.32 Å². The van der Waals surface area contributed by atoms with Crippen molar-refractivity contribution in [2.75, 3.05) is 5.32 Å². The zero-order valence-electron chi connectivity index (χ0n) is 10.6. The first-order chi connectivity index (χ1) is 9.65. The van der Waals surface area contributed by atoms with Gasteiger partial charge < -0.3 is 5.32 Å². The minimum Gasteiger partial charge on any atom is -0.375 e. The van der Waals surface area contributed by atoms with Crippen LogP contribution in [0.15, 0.2) is 36.4 Å². The molecule has 0 radical (unpaired) electrons. The van der Waals surface area contributed by atoms with Crippen molar-refractivity contribution >= 4 is 40.0 Å². The van der Waals surface area contributed by atoms with Crippen LogP contribution in [0.3, 0.4) is 0 Å². The monoisotopic (exact) mass is 307 g/mol. The van der Waals surface area contributed by atoms with Gasteiger partial charge in [-0.25, -0.2) is 4.39 Å². The second-order valence-electron chi connectivity index (χ2n) is 4.48. The van der Waals surface area contributed by atoms with Crippen molar-refractivity contribution in [1.82, 2.24) is 8.75 Å². The molecule has 0 amide bonds. The quantitative estimate of drug-likeness (QED) is 0.765. The fourth-order valence-electron chi connectivity index (χ4n) is 2.04. The summed E-state index contributed by atoms with van der Waals surface area (Å²) >= 11 is 7.37. The summed E-state index contributed by atoms with van der Waals surface area (Å²) < 4.78 is 21.7. The molecular formula is C14H11ClFN3S. The van der Waals surface area contributed by atoms with Crippen molar-refractivity contribution in [3.63, 3.8) is 0 Å². The highest BCUT2D eigenvalue weighted by molar-refractivity contribution is 7.00. The highest BCUT2D eigenvalue weighted by Gasteiger charge is 2.13. The minimum absolute atomic E-state index is 0.0875. The molecule has 3 aromatic rings. The number of rotatable bonds is 3. The smallest absolute Gasteiger partial charge is 0.129 e. The Bertz CT molecular complexity index is 759. The van der Waals surface area contributed by atoms with E-state index in [1.807, 2.05) is 19.1 Å². The second-order valence-corrected chi connectivity index (χ2v) is 5.41. The van der Waals surface area contributed by atoms with E-state index in [1.165, 1.54) is 12.1 Å². The molecule has 1 N–H and O–H groups in total. The zero-order chi connectivity index (χ0) is 14.1. The third-order valence-corrected chi connectivity index (χ3v) is 3.94. The van der Waals surface area contributed by atoms with Gasteiger partial charge in [-0.1, -0.05) is 23.7 Å². The van der Waals surface area contributed by atoms with E-state index in [2.05, 4.69) is 14.1 Å². The first kappa shape index (κ1) is 13.3. The van der Waals surface area contributed by atoms with Gasteiger partial charge in [0.15, 0.2) is 0 Å². The molecule has 0 saturated carbocycles. The van der Waals surface area contributed by atoms with Crippen molar-refractivity contribution in [3.05, 3.63) is 52.8 Å². The Morgan fingerprint density at radius 3 is 2.90 bits per heavy atom. The number of benzene rings is 2. The van der Waals surface area contributed by atoms with Crippen molar-refractivity contribution < 1.29 is 4.39 Å². The molecule has 1 atom stereocenters. The van der Waals surface area contributed by atoms with Crippen molar-refractivity contribution in [2.45, 2.75) is 13.0 Å². The molecule has 1 unspecified atom stereocenters. The summed E-state index contributed by atoms with van der Waals surface area (Å²) in [5, 5.41) is 3.87. The summed E-state index contributed by atoms with van der Waals surface area (Å²) in [7, 11) is 0. The van der Waals surface area contributed by atoms with E-state index >= 15 is 0 Å². The van der Waals surface area contributed by atoms with Gasteiger partial charge in [-0.3, -0.25) is 0 Å². The Hall–Kier alpha value is -1.72. The normalized spacial score (nSPS) is 12.6. The molecule has 3 rings (SSSR count). The molecule has 0 aliphatic heterocycles. The van der Waals surface area contributed by atoms with Crippen molar-refractivity contribution in [3.8, 4) is 0 Å². The van der Waals surface area contributed by atoms with Gasteiger partial charge in [0.2, 0.25) is 0 Å². The maximum atomic E-state index is 13.3. The molecule has 2 aromatic carbocycles. The Labute approximate surface area is 124 Å². The van der Waals surface area contributed by atoms with Gasteiger partial charge in [-0.15, -0.1) is 0 Å². The molecular weight excluding hydrogens is 297 g/mol. The van der Waals surface area contributed by atoms with Crippen LogP contribution in [0.25, 0.3) is 11.0 Å². The van der Waals surface area contributed by atoms with Crippen LogP contribution in [0.1, 0.15) is 18.5 Å². The first-order valence-electron chi connectivity index (χ1n) is 6.08. The Balaban J connectivity index is 1.96. The highest BCUT2D eigenvalue weighted by atomic mass is 35.5. The van der Waals surface area contributed by atoms with Gasteiger partial charge in [0.05, 0.1) is 22.4 Å². The van der Waals surface area contributed by atoms with Gasteiger partial charge >= 0.3 is 0 Å². The molecule has 0 saturated heterocycles. The van der Waals surface area contributed by atoms with E-state index in [4.69, 9.17) is 11.6 Å². The van der Waals surface area contributed by atoms with E-state index in [0.29, 0.717) is 5.02 Å². The minimum atomic E-state index is -0.254. The van der Waals surface area contributed by atoms with Crippen LogP contribution in [0.5, 0.6) is 0 Å². The molecule has 3 nitrogen and oxygen atoms in total. The van der Waals surface area contributed by atoms with Crippen LogP contribution in [0, 0.1) is 5.82 Å². The molecule has 0 aliphatic rings. The number of aromatic nitrogens is 2. The average molecular weight is 308 g/mol. The predicted molar refractivity (Wildman–Crippen MR) is 80.9 cm³/mol. The molecule has 0 fully saturated rings. The van der Waals surface area contributed by atoms with Crippen molar-refractivity contribution in [2.24, 2.45) is 0 Å². The molecule has 20 heavy (non-hydrogen) atoms. The van der Waals surface area contributed by atoms with Crippen molar-refractivity contribution in [1.29, 1.82) is 0 Å². The number of nitrogens with zero attached hydrogens (tertiary/aromatic N) is 2. The Morgan fingerprint density at radius 1 is 1.25 bits per heavy atom. The standard InChI is InChI=1S/C14H11ClFN3S/c1-8(9-3-2-4-10(16)7-9)17-13-11(15)5-6-12-14(13)19-20-18-12/h2-8,17H,1H3. The van der Waals surface area contributed by atoms with Crippen LogP contribution in [-0.4, -0.2) is 8.75 Å². The van der Waals surface area contributed by atoms with E-state index in [-0.39, 0.29) is 11.9 Å². The summed E-state index contributed by atoms with van der Waals surface area (Å²) in [5.41, 5.74) is 3.12. The zero-order valence-corrected chi connectivity index (χ0v) is 12.2. The lowest BCUT2D eigenvalue weighted by Crippen LogP contribution is -2.07. The van der Waals surface area contributed by atoms with Crippen LogP contribution >= 0.6 is 23.3 Å². The van der Waals surface area contributed by atoms with Crippen LogP contribution in [0.4, 0.5) is 10.1 Å². The number of nitrogens with one attached hydrogen (secondary N) is 1. The van der Waals surface area contributed by atoms with Crippen LogP contribution in [0.2, 0.25) is 5.02 Å². The average Bonchev–Trinajstić information content (AvgIpc) is 2.90. The number of halogens is 2. The number of fused-ring (bicyclic) bond motifs is 1. The third-order valence-electron chi connectivity index (χ3n) is 3.09. The molecule has 1 heterocycles. The van der Waals surface area contributed by atoms with Gasteiger partial charge in [-0.2, -0.15) is 8.75 Å². The molecule has 102 valence electrons. The van der Waals surface area contributed by atoms with E-state index in [1.54, 1.807) is 12.1 Å². The first-order valence-corrected chi connectivity index (χ1v) is 7.19. The lowest BCUT2D eigenvalue weighted by Gasteiger charge is -2.17. The van der Waals surface area contributed by atoms with E-state index in [9.17, 15) is 4.39 Å². The van der Waals surface area contributed by atoms with Gasteiger partial charge in [-0.05, 0) is 36.8 Å². The molecule has 0 spiro atoms. The Morgan fingerprint density at radius 2 is 2.10 bits per heavy atom. The molecule has 0 bridgehead atoms. The maximum Gasteiger partial charge on any atom is 0.129 e. The summed E-state index contributed by atoms with van der Waals surface area (Å²) in [4.78, 5) is 0. The van der Waals surface area contributed by atoms with Crippen LogP contribution in [-0.2, 0) is 0 Å². The van der Waals surface area contributed by atoms with Gasteiger partial charge in [0.1, 0.15) is 16.9 Å². The number of hydrogen-bond donors (Lipinski definition) is 1. The third kappa shape index (κ3) is 2.46. The maximum absolute atomic E-state index is 13.3. The summed E-state index contributed by atoms with van der Waals surface area (Å²) in [6, 6.07) is 10.0.